The number of furan rings is 1. The van der Waals surface area contributed by atoms with Crippen LogP contribution < -0.4 is 0 Å². The lowest BCUT2D eigenvalue weighted by molar-refractivity contribution is 0.670. The van der Waals surface area contributed by atoms with Crippen molar-refractivity contribution in [1.29, 1.82) is 0 Å². The van der Waals surface area contributed by atoms with Gasteiger partial charge >= 0.3 is 0 Å². The highest BCUT2D eigenvalue weighted by Gasteiger charge is 2.20. The lowest BCUT2D eigenvalue weighted by Crippen LogP contribution is -1.94. The van der Waals surface area contributed by atoms with E-state index in [0.717, 1.165) is 82.8 Å². The van der Waals surface area contributed by atoms with E-state index in [1.165, 1.54) is 16.3 Å². The molecule has 0 amide bonds. The third-order valence-electron chi connectivity index (χ3n) is 9.71. The van der Waals surface area contributed by atoms with Crippen LogP contribution in [-0.4, -0.2) is 9.97 Å². The molecule has 3 heteroatoms. The molecule has 0 radical (unpaired) electrons. The van der Waals surface area contributed by atoms with Gasteiger partial charge in [0.1, 0.15) is 11.2 Å². The maximum Gasteiger partial charge on any atom is 0.143 e. The summed E-state index contributed by atoms with van der Waals surface area (Å²) in [4.78, 5) is 10.5. The fourth-order valence-electron chi connectivity index (χ4n) is 7.38. The van der Waals surface area contributed by atoms with Crippen molar-refractivity contribution in [3.63, 3.8) is 0 Å². The first kappa shape index (κ1) is 27.5. The Labute approximate surface area is 282 Å². The van der Waals surface area contributed by atoms with Gasteiger partial charge in [0.2, 0.25) is 0 Å². The van der Waals surface area contributed by atoms with E-state index in [1.54, 1.807) is 0 Å². The van der Waals surface area contributed by atoms with Crippen LogP contribution in [-0.2, 0) is 0 Å². The maximum atomic E-state index is 6.75. The number of hydrogen-bond acceptors (Lipinski definition) is 3. The minimum absolute atomic E-state index is 0.823. The summed E-state index contributed by atoms with van der Waals surface area (Å²) >= 11 is 0. The standard InChI is InChI=1S/C46H28N2O/c1-3-13-29(14-4-1)31-23-24-43-39(25-31)41-27-32(30-15-5-2-6-16-30)26-40(46(41)49-43)35-19-7-10-20-36(35)42-28-47-44-37-21-11-8-17-33(37)34-18-9-12-22-38(34)45(44)48-42/h1-28H. The predicted octanol–water partition coefficient (Wildman–Crippen LogP) is 12.5. The third kappa shape index (κ3) is 4.44. The molecule has 10 rings (SSSR count). The second kappa shape index (κ2) is 11.0. The lowest BCUT2D eigenvalue weighted by atomic mass is 9.92. The molecule has 49 heavy (non-hydrogen) atoms. The zero-order valence-corrected chi connectivity index (χ0v) is 26.5. The Morgan fingerprint density at radius 2 is 0.939 bits per heavy atom. The van der Waals surface area contributed by atoms with Crippen molar-refractivity contribution in [3.05, 3.63) is 170 Å². The fourth-order valence-corrected chi connectivity index (χ4v) is 7.38. The molecular formula is C46H28N2O. The zero-order valence-electron chi connectivity index (χ0n) is 26.5. The summed E-state index contributed by atoms with van der Waals surface area (Å²) in [7, 11) is 0. The van der Waals surface area contributed by atoms with Gasteiger partial charge in [0, 0.05) is 32.7 Å². The minimum Gasteiger partial charge on any atom is -0.455 e. The molecule has 0 fully saturated rings. The molecule has 0 N–H and O–H groups in total. The van der Waals surface area contributed by atoms with Gasteiger partial charge in [-0.05, 0) is 62.9 Å². The van der Waals surface area contributed by atoms with Crippen molar-refractivity contribution in [3.8, 4) is 44.6 Å². The molecule has 2 heterocycles. The molecule has 228 valence electrons. The highest BCUT2D eigenvalue weighted by atomic mass is 16.3. The van der Waals surface area contributed by atoms with Crippen LogP contribution in [0.5, 0.6) is 0 Å². The molecule has 0 bridgehead atoms. The Kier molecular flexibility index (Phi) is 6.18. The average Bonchev–Trinajstić information content (AvgIpc) is 3.56. The summed E-state index contributed by atoms with van der Waals surface area (Å²) < 4.78 is 6.75. The molecule has 0 saturated carbocycles. The van der Waals surface area contributed by atoms with Gasteiger partial charge in [-0.3, -0.25) is 4.98 Å². The maximum absolute atomic E-state index is 6.75. The number of nitrogens with zero attached hydrogens (tertiary/aromatic N) is 2. The minimum atomic E-state index is 0.823. The van der Waals surface area contributed by atoms with Gasteiger partial charge in [0.15, 0.2) is 0 Å². The smallest absolute Gasteiger partial charge is 0.143 e. The van der Waals surface area contributed by atoms with Gasteiger partial charge in [0.05, 0.1) is 22.9 Å². The zero-order chi connectivity index (χ0) is 32.3. The van der Waals surface area contributed by atoms with Gasteiger partial charge in [-0.25, -0.2) is 4.98 Å². The Morgan fingerprint density at radius 1 is 0.367 bits per heavy atom. The molecule has 2 aromatic heterocycles. The molecule has 0 aliphatic heterocycles. The Balaban J connectivity index is 1.24. The van der Waals surface area contributed by atoms with E-state index >= 15 is 0 Å². The van der Waals surface area contributed by atoms with Crippen molar-refractivity contribution in [2.45, 2.75) is 0 Å². The second-order valence-corrected chi connectivity index (χ2v) is 12.5. The van der Waals surface area contributed by atoms with Crippen LogP contribution in [0.3, 0.4) is 0 Å². The SMILES string of the molecule is c1ccc(-c2ccc3oc4c(-c5ccccc5-c5cnc6c7ccccc7c7ccccc7c6n5)cc(-c5ccccc5)cc4c3c2)cc1. The summed E-state index contributed by atoms with van der Waals surface area (Å²) in [5, 5.41) is 6.76. The molecule has 0 aliphatic rings. The first-order valence-corrected chi connectivity index (χ1v) is 16.6. The van der Waals surface area contributed by atoms with E-state index in [1.807, 2.05) is 6.20 Å². The largest absolute Gasteiger partial charge is 0.455 e. The molecule has 8 aromatic carbocycles. The second-order valence-electron chi connectivity index (χ2n) is 12.5. The van der Waals surface area contributed by atoms with Crippen molar-refractivity contribution in [1.82, 2.24) is 9.97 Å². The van der Waals surface area contributed by atoms with E-state index in [2.05, 4.69) is 164 Å². The van der Waals surface area contributed by atoms with Gasteiger partial charge < -0.3 is 4.42 Å². The molecule has 0 unspecified atom stereocenters. The Hall–Kier alpha value is -6.58. The number of rotatable bonds is 4. The van der Waals surface area contributed by atoms with E-state index in [-0.39, 0.29) is 0 Å². The van der Waals surface area contributed by atoms with E-state index < -0.39 is 0 Å². The lowest BCUT2D eigenvalue weighted by Gasteiger charge is -2.14. The number of fused-ring (bicyclic) bond motifs is 9. The number of benzene rings is 8. The monoisotopic (exact) mass is 624 g/mol. The van der Waals surface area contributed by atoms with Gasteiger partial charge in [-0.2, -0.15) is 0 Å². The van der Waals surface area contributed by atoms with Crippen LogP contribution in [0.1, 0.15) is 0 Å². The van der Waals surface area contributed by atoms with Crippen molar-refractivity contribution >= 4 is 54.5 Å². The first-order chi connectivity index (χ1) is 24.3. The average molecular weight is 625 g/mol. The number of hydrogen-bond donors (Lipinski definition) is 0. The van der Waals surface area contributed by atoms with Crippen LogP contribution in [0.15, 0.2) is 174 Å². The number of aromatic nitrogens is 2. The van der Waals surface area contributed by atoms with E-state index in [9.17, 15) is 0 Å². The summed E-state index contributed by atoms with van der Waals surface area (Å²) in [6.07, 6.45) is 1.92. The van der Waals surface area contributed by atoms with Gasteiger partial charge in [0.25, 0.3) is 0 Å². The Bertz CT molecular complexity index is 2840. The highest BCUT2D eigenvalue weighted by molar-refractivity contribution is 6.23. The van der Waals surface area contributed by atoms with Crippen LogP contribution in [0, 0.1) is 0 Å². The van der Waals surface area contributed by atoms with Crippen molar-refractivity contribution in [2.75, 3.05) is 0 Å². The van der Waals surface area contributed by atoms with Gasteiger partial charge in [-0.1, -0.05) is 140 Å². The predicted molar refractivity (Wildman–Crippen MR) is 204 cm³/mol. The molecule has 10 aromatic rings. The van der Waals surface area contributed by atoms with Crippen molar-refractivity contribution in [2.24, 2.45) is 0 Å². The third-order valence-corrected chi connectivity index (χ3v) is 9.71. The molecule has 0 saturated heterocycles. The van der Waals surface area contributed by atoms with E-state index in [0.29, 0.717) is 0 Å². The van der Waals surface area contributed by atoms with E-state index in [4.69, 9.17) is 14.4 Å². The molecule has 3 nitrogen and oxygen atoms in total. The molecule has 0 spiro atoms. The first-order valence-electron chi connectivity index (χ1n) is 16.6. The summed E-state index contributed by atoms with van der Waals surface area (Å²) in [5.41, 5.74) is 12.1. The summed E-state index contributed by atoms with van der Waals surface area (Å²) in [6.45, 7) is 0. The topological polar surface area (TPSA) is 38.9 Å². The quantitative estimate of drug-likeness (QED) is 0.183. The van der Waals surface area contributed by atoms with Crippen LogP contribution in [0.4, 0.5) is 0 Å². The van der Waals surface area contributed by atoms with Crippen LogP contribution in [0.2, 0.25) is 0 Å². The highest BCUT2D eigenvalue weighted by Crippen LogP contribution is 2.43. The van der Waals surface area contributed by atoms with Crippen LogP contribution in [0.25, 0.3) is 99.2 Å². The Morgan fingerprint density at radius 3 is 1.65 bits per heavy atom. The summed E-state index contributed by atoms with van der Waals surface area (Å²) in [6, 6.07) is 57.6. The van der Waals surface area contributed by atoms with Crippen molar-refractivity contribution < 1.29 is 4.42 Å². The fraction of sp³-hybridized carbons (Fsp3) is 0. The molecule has 0 atom stereocenters. The normalized spacial score (nSPS) is 11.7. The summed E-state index contributed by atoms with van der Waals surface area (Å²) in [5.74, 6) is 0. The van der Waals surface area contributed by atoms with Gasteiger partial charge in [-0.15, -0.1) is 0 Å². The molecular weight excluding hydrogens is 597 g/mol. The molecule has 0 aliphatic carbocycles. The van der Waals surface area contributed by atoms with Crippen LogP contribution >= 0.6 is 0 Å².